The van der Waals surface area contributed by atoms with E-state index >= 15 is 0 Å². The summed E-state index contributed by atoms with van der Waals surface area (Å²) >= 11 is 0. The Bertz CT molecular complexity index is 955. The van der Waals surface area contributed by atoms with E-state index in [1.54, 1.807) is 0 Å². The van der Waals surface area contributed by atoms with Gasteiger partial charge in [-0.25, -0.2) is 4.98 Å². The number of hydrogen-bond donors (Lipinski definition) is 3. The van der Waals surface area contributed by atoms with Gasteiger partial charge in [0.1, 0.15) is 5.82 Å². The zero-order valence-electron chi connectivity index (χ0n) is 13.2. The molecule has 1 fully saturated rings. The lowest BCUT2D eigenvalue weighted by Gasteiger charge is -2.11. The lowest BCUT2D eigenvalue weighted by molar-refractivity contribution is 0.0946. The zero-order valence-corrected chi connectivity index (χ0v) is 13.2. The number of nitrogens with one attached hydrogen (secondary N) is 3. The third-order valence-electron chi connectivity index (χ3n) is 4.74. The van der Waals surface area contributed by atoms with Crippen LogP contribution in [-0.4, -0.2) is 28.5 Å². The second-order valence-electron chi connectivity index (χ2n) is 6.57. The van der Waals surface area contributed by atoms with Gasteiger partial charge in [0.25, 0.3) is 5.91 Å². The summed E-state index contributed by atoms with van der Waals surface area (Å²) in [6, 6.07) is 12.8. The Morgan fingerprint density at radius 1 is 1.12 bits per heavy atom. The first-order chi connectivity index (χ1) is 11.8. The molecule has 1 amide bonds. The fourth-order valence-electron chi connectivity index (χ4n) is 3.32. The molecule has 5 rings (SSSR count). The quantitative estimate of drug-likeness (QED) is 0.695. The molecular weight excluding hydrogens is 300 g/mol. The van der Waals surface area contributed by atoms with Gasteiger partial charge in [0.2, 0.25) is 0 Å². The van der Waals surface area contributed by atoms with Crippen LogP contribution in [0.4, 0.5) is 5.82 Å². The standard InChI is InChI=1S/C19H18N4O/c24-19-14-10-16(22-15(14)8-9-20-19)13-3-1-2-11-4-7-17(23-18(11)13)21-12-5-6-12/h1-4,7,10,12,22H,5-6,8-9H2,(H,20,24)(H,21,23). The largest absolute Gasteiger partial charge is 0.367 e. The summed E-state index contributed by atoms with van der Waals surface area (Å²) in [5.41, 5.74) is 4.72. The maximum atomic E-state index is 12.0. The molecule has 1 aromatic carbocycles. The molecule has 1 saturated carbocycles. The molecule has 3 N–H and O–H groups in total. The number of aromatic amines is 1. The van der Waals surface area contributed by atoms with Gasteiger partial charge in [-0.2, -0.15) is 0 Å². The topological polar surface area (TPSA) is 69.8 Å². The molecule has 0 bridgehead atoms. The average Bonchev–Trinajstić information content (AvgIpc) is 3.29. The smallest absolute Gasteiger partial charge is 0.253 e. The zero-order chi connectivity index (χ0) is 16.1. The van der Waals surface area contributed by atoms with Crippen molar-refractivity contribution in [1.82, 2.24) is 15.3 Å². The van der Waals surface area contributed by atoms with Crippen molar-refractivity contribution in [1.29, 1.82) is 0 Å². The van der Waals surface area contributed by atoms with Crippen LogP contribution in [-0.2, 0) is 6.42 Å². The molecule has 1 aliphatic carbocycles. The van der Waals surface area contributed by atoms with E-state index in [1.807, 2.05) is 18.2 Å². The third-order valence-corrected chi connectivity index (χ3v) is 4.74. The minimum absolute atomic E-state index is 0.00281. The summed E-state index contributed by atoms with van der Waals surface area (Å²) in [6.07, 6.45) is 3.29. The van der Waals surface area contributed by atoms with Crippen molar-refractivity contribution >= 4 is 22.6 Å². The minimum atomic E-state index is 0.00281. The molecule has 0 unspecified atom stereocenters. The van der Waals surface area contributed by atoms with Crippen molar-refractivity contribution in [2.75, 3.05) is 11.9 Å². The van der Waals surface area contributed by atoms with Crippen LogP contribution in [0.1, 0.15) is 28.9 Å². The lowest BCUT2D eigenvalue weighted by Crippen LogP contribution is -2.31. The highest BCUT2D eigenvalue weighted by Gasteiger charge is 2.22. The van der Waals surface area contributed by atoms with Crippen molar-refractivity contribution < 1.29 is 4.79 Å². The van der Waals surface area contributed by atoms with Crippen LogP contribution < -0.4 is 10.6 Å². The first-order valence-electron chi connectivity index (χ1n) is 8.45. The number of rotatable bonds is 3. The van der Waals surface area contributed by atoms with Gasteiger partial charge < -0.3 is 15.6 Å². The van der Waals surface area contributed by atoms with E-state index in [0.717, 1.165) is 45.7 Å². The molecule has 0 saturated heterocycles. The van der Waals surface area contributed by atoms with E-state index in [-0.39, 0.29) is 5.91 Å². The van der Waals surface area contributed by atoms with Crippen molar-refractivity contribution in [2.45, 2.75) is 25.3 Å². The Labute approximate surface area is 139 Å². The Kier molecular flexibility index (Phi) is 2.89. The van der Waals surface area contributed by atoms with Gasteiger partial charge in [0.05, 0.1) is 11.1 Å². The van der Waals surface area contributed by atoms with E-state index in [0.29, 0.717) is 12.6 Å². The molecule has 2 aliphatic rings. The number of para-hydroxylation sites is 1. The number of benzene rings is 1. The molecule has 3 heterocycles. The number of H-pyrrole nitrogens is 1. The Hall–Kier alpha value is -2.82. The Morgan fingerprint density at radius 3 is 2.88 bits per heavy atom. The van der Waals surface area contributed by atoms with Crippen LogP contribution in [0.15, 0.2) is 36.4 Å². The van der Waals surface area contributed by atoms with Crippen molar-refractivity contribution in [2.24, 2.45) is 0 Å². The van der Waals surface area contributed by atoms with Crippen LogP contribution in [0.3, 0.4) is 0 Å². The lowest BCUT2D eigenvalue weighted by atomic mass is 10.1. The number of fused-ring (bicyclic) bond motifs is 2. The van der Waals surface area contributed by atoms with E-state index in [1.165, 1.54) is 12.8 Å². The minimum Gasteiger partial charge on any atom is -0.367 e. The number of pyridine rings is 1. The molecule has 3 aromatic rings. The number of carbonyl (C=O) groups excluding carboxylic acids is 1. The van der Waals surface area contributed by atoms with Gasteiger partial charge in [0, 0.05) is 41.3 Å². The number of anilines is 1. The molecular formula is C19H18N4O. The van der Waals surface area contributed by atoms with E-state index in [2.05, 4.69) is 33.8 Å². The van der Waals surface area contributed by atoms with Crippen LogP contribution in [0, 0.1) is 0 Å². The number of amides is 1. The predicted molar refractivity (Wildman–Crippen MR) is 94.2 cm³/mol. The summed E-state index contributed by atoms with van der Waals surface area (Å²) in [5, 5.41) is 7.45. The number of hydrogen-bond acceptors (Lipinski definition) is 3. The number of aromatic nitrogens is 2. The summed E-state index contributed by atoms with van der Waals surface area (Å²) in [4.78, 5) is 20.3. The highest BCUT2D eigenvalue weighted by molar-refractivity contribution is 6.00. The van der Waals surface area contributed by atoms with Gasteiger partial charge in [0.15, 0.2) is 0 Å². The first-order valence-corrected chi connectivity index (χ1v) is 8.45. The van der Waals surface area contributed by atoms with Crippen molar-refractivity contribution in [3.63, 3.8) is 0 Å². The van der Waals surface area contributed by atoms with Crippen LogP contribution >= 0.6 is 0 Å². The summed E-state index contributed by atoms with van der Waals surface area (Å²) in [6.45, 7) is 0.690. The van der Waals surface area contributed by atoms with Gasteiger partial charge in [-0.3, -0.25) is 4.79 Å². The molecule has 5 nitrogen and oxygen atoms in total. The van der Waals surface area contributed by atoms with Gasteiger partial charge in [-0.15, -0.1) is 0 Å². The maximum absolute atomic E-state index is 12.0. The van der Waals surface area contributed by atoms with Gasteiger partial charge in [-0.1, -0.05) is 18.2 Å². The second kappa shape index (κ2) is 5.09. The summed E-state index contributed by atoms with van der Waals surface area (Å²) in [7, 11) is 0. The maximum Gasteiger partial charge on any atom is 0.253 e. The Morgan fingerprint density at radius 2 is 2.04 bits per heavy atom. The average molecular weight is 318 g/mol. The molecule has 120 valence electrons. The Balaban J connectivity index is 1.64. The number of carbonyl (C=O) groups is 1. The molecule has 1 aliphatic heterocycles. The van der Waals surface area contributed by atoms with Crippen LogP contribution in [0.25, 0.3) is 22.2 Å². The fourth-order valence-corrected chi connectivity index (χ4v) is 3.32. The summed E-state index contributed by atoms with van der Waals surface area (Å²) < 4.78 is 0. The molecule has 0 spiro atoms. The monoisotopic (exact) mass is 318 g/mol. The fraction of sp³-hybridized carbons (Fsp3) is 0.263. The normalized spacial score (nSPS) is 16.8. The first kappa shape index (κ1) is 13.6. The highest BCUT2D eigenvalue weighted by atomic mass is 16.1. The van der Waals surface area contributed by atoms with Crippen LogP contribution in [0.5, 0.6) is 0 Å². The van der Waals surface area contributed by atoms with Gasteiger partial charge in [-0.05, 0) is 31.0 Å². The molecule has 24 heavy (non-hydrogen) atoms. The highest BCUT2D eigenvalue weighted by Crippen LogP contribution is 2.31. The molecule has 5 heteroatoms. The predicted octanol–water partition coefficient (Wildman–Crippen LogP) is 3.09. The van der Waals surface area contributed by atoms with E-state index in [9.17, 15) is 4.79 Å². The van der Waals surface area contributed by atoms with Crippen molar-refractivity contribution in [3.05, 3.63) is 47.7 Å². The van der Waals surface area contributed by atoms with E-state index < -0.39 is 0 Å². The van der Waals surface area contributed by atoms with Crippen molar-refractivity contribution in [3.8, 4) is 11.3 Å². The van der Waals surface area contributed by atoms with Crippen LogP contribution in [0.2, 0.25) is 0 Å². The van der Waals surface area contributed by atoms with Gasteiger partial charge >= 0.3 is 0 Å². The molecule has 0 radical (unpaired) electrons. The SMILES string of the molecule is O=C1NCCc2[nH]c(-c3cccc4ccc(NC5CC5)nc34)cc21. The molecule has 2 aromatic heterocycles. The number of nitrogens with zero attached hydrogens (tertiary/aromatic N) is 1. The summed E-state index contributed by atoms with van der Waals surface area (Å²) in [5.74, 6) is 0.926. The van der Waals surface area contributed by atoms with E-state index in [4.69, 9.17) is 4.98 Å². The second-order valence-corrected chi connectivity index (χ2v) is 6.57. The third kappa shape index (κ3) is 2.24. The molecule has 0 atom stereocenters.